The summed E-state index contributed by atoms with van der Waals surface area (Å²) in [4.78, 5) is 20.8. The topological polar surface area (TPSA) is 73.5 Å². The molecule has 8 aromatic carbocycles. The number of rotatable bonds is 6. The van der Waals surface area contributed by atoms with Gasteiger partial charge in [-0.1, -0.05) is 131 Å². The number of nitrogens with zero attached hydrogens (tertiary/aromatic N) is 6. The van der Waals surface area contributed by atoms with Crippen molar-refractivity contribution in [2.24, 2.45) is 0 Å². The summed E-state index contributed by atoms with van der Waals surface area (Å²) in [7, 11) is 0. The number of hydrogen-bond donors (Lipinski definition) is 0. The molecule has 0 saturated carbocycles. The van der Waals surface area contributed by atoms with Gasteiger partial charge in [0.05, 0.1) is 38.8 Å². The van der Waals surface area contributed by atoms with Crippen molar-refractivity contribution in [3.8, 4) is 56.8 Å². The van der Waals surface area contributed by atoms with Gasteiger partial charge in [0.1, 0.15) is 16.9 Å². The third kappa shape index (κ3) is 5.41. The van der Waals surface area contributed by atoms with Crippen LogP contribution in [0.25, 0.3) is 111 Å². The van der Waals surface area contributed by atoms with E-state index < -0.39 is 0 Å². The molecule has 0 aliphatic heterocycles. The van der Waals surface area contributed by atoms with E-state index >= 15 is 0 Å². The number of fused-ring (bicyclic) bond motifs is 7. The van der Waals surface area contributed by atoms with E-state index in [0.29, 0.717) is 11.6 Å². The summed E-state index contributed by atoms with van der Waals surface area (Å²) in [6.45, 7) is 0. The molecule has 0 radical (unpaired) electrons. The Morgan fingerprint density at radius 2 is 1.12 bits per heavy atom. The summed E-state index contributed by atoms with van der Waals surface area (Å²) in [5, 5.41) is 5.22. The molecule has 0 unspecified atom stereocenters. The summed E-state index contributed by atoms with van der Waals surface area (Å²) in [6, 6.07) is 66.6. The van der Waals surface area contributed by atoms with Gasteiger partial charge in [-0.05, 0) is 72.8 Å². The minimum absolute atomic E-state index is 0.611. The zero-order chi connectivity index (χ0) is 39.6. The Morgan fingerprint density at radius 3 is 1.93 bits per heavy atom. The molecular formula is C53H33N6O+. The molecule has 0 N–H and O–H groups in total. The van der Waals surface area contributed by atoms with Crippen LogP contribution in [-0.2, 0) is 0 Å². The molecule has 4 aromatic heterocycles. The predicted octanol–water partition coefficient (Wildman–Crippen LogP) is 12.4. The van der Waals surface area contributed by atoms with Gasteiger partial charge in [-0.25, -0.2) is 9.97 Å². The molecule has 0 atom stereocenters. The van der Waals surface area contributed by atoms with Crippen LogP contribution >= 0.6 is 0 Å². The summed E-state index contributed by atoms with van der Waals surface area (Å²) in [6.07, 6.45) is 1.86. The molecule has 7 heteroatoms. The first-order valence-electron chi connectivity index (χ1n) is 20.0. The maximum absolute atomic E-state index is 6.64. The van der Waals surface area contributed by atoms with E-state index in [-0.39, 0.29) is 0 Å². The minimum Gasteiger partial charge on any atom is -0.456 e. The molecule has 0 spiro atoms. The average Bonchev–Trinajstić information content (AvgIpc) is 3.88. The standard InChI is InChI=1S/C53H33N6O/c1-4-16-34(17-5-1)51-54-33-58(53(57-51)35-18-6-2-7-19-35)44-27-15-29-47-49(44)48-41(24-14-28-46(48)60-47)52-55-42-25-12-10-23-40(42)50(56-52)36-30-31-39-38-22-11-13-26-43(38)59(45(39)32-36)37-20-8-3-9-21-37/h1-33H/q+1. The third-order valence-corrected chi connectivity index (χ3v) is 11.4. The van der Waals surface area contributed by atoms with Crippen LogP contribution in [0.2, 0.25) is 0 Å². The average molecular weight is 770 g/mol. The van der Waals surface area contributed by atoms with Crippen LogP contribution in [0.4, 0.5) is 0 Å². The van der Waals surface area contributed by atoms with Crippen LogP contribution in [0.1, 0.15) is 0 Å². The highest BCUT2D eigenvalue weighted by atomic mass is 16.3. The molecular weight excluding hydrogens is 737 g/mol. The van der Waals surface area contributed by atoms with Crippen molar-refractivity contribution in [3.63, 3.8) is 0 Å². The van der Waals surface area contributed by atoms with Gasteiger partial charge in [-0.2, -0.15) is 4.57 Å². The van der Waals surface area contributed by atoms with E-state index in [4.69, 9.17) is 24.4 Å². The van der Waals surface area contributed by atoms with E-state index in [1.54, 1.807) is 0 Å². The quantitative estimate of drug-likeness (QED) is 0.157. The predicted molar refractivity (Wildman–Crippen MR) is 240 cm³/mol. The molecule has 0 saturated heterocycles. The van der Waals surface area contributed by atoms with E-state index in [1.807, 2.05) is 85.2 Å². The monoisotopic (exact) mass is 769 g/mol. The maximum atomic E-state index is 6.64. The fraction of sp³-hybridized carbons (Fsp3) is 0. The molecule has 60 heavy (non-hydrogen) atoms. The lowest BCUT2D eigenvalue weighted by Gasteiger charge is -2.12. The first kappa shape index (κ1) is 33.8. The highest BCUT2D eigenvalue weighted by molar-refractivity contribution is 6.15. The molecule has 0 amide bonds. The van der Waals surface area contributed by atoms with Crippen molar-refractivity contribution < 1.29 is 8.98 Å². The molecule has 0 aliphatic rings. The SMILES string of the molecule is c1ccc(-c2nc[n+](-c3cccc4oc5cccc(-c6nc(-c7ccc8c9ccccc9n(-c9ccccc9)c8c7)c7ccccc7n6)c5c34)c(-c3ccccc3)n2)cc1. The molecule has 0 fully saturated rings. The largest absolute Gasteiger partial charge is 0.456 e. The van der Waals surface area contributed by atoms with Crippen molar-refractivity contribution in [2.75, 3.05) is 0 Å². The smallest absolute Gasteiger partial charge is 0.307 e. The Morgan fingerprint density at radius 1 is 0.450 bits per heavy atom. The normalized spacial score (nSPS) is 11.7. The molecule has 12 aromatic rings. The van der Waals surface area contributed by atoms with Crippen LogP contribution < -0.4 is 4.57 Å². The zero-order valence-corrected chi connectivity index (χ0v) is 32.1. The number of hydrogen-bond acceptors (Lipinski definition) is 5. The maximum Gasteiger partial charge on any atom is 0.307 e. The van der Waals surface area contributed by atoms with Gasteiger partial charge in [-0.3, -0.25) is 0 Å². The lowest BCUT2D eigenvalue weighted by molar-refractivity contribution is -0.588. The third-order valence-electron chi connectivity index (χ3n) is 11.4. The summed E-state index contributed by atoms with van der Waals surface area (Å²) in [5.41, 5.74) is 11.3. The first-order chi connectivity index (χ1) is 29.8. The Kier molecular flexibility index (Phi) is 7.71. The van der Waals surface area contributed by atoms with Gasteiger partial charge in [0.2, 0.25) is 6.33 Å². The second kappa shape index (κ2) is 13.7. The van der Waals surface area contributed by atoms with Crippen LogP contribution in [0.3, 0.4) is 0 Å². The van der Waals surface area contributed by atoms with Crippen molar-refractivity contribution in [3.05, 3.63) is 200 Å². The van der Waals surface area contributed by atoms with E-state index in [1.165, 1.54) is 10.8 Å². The van der Waals surface area contributed by atoms with Gasteiger partial charge in [0.15, 0.2) is 5.82 Å². The number of benzene rings is 8. The molecule has 4 heterocycles. The Bertz CT molecular complexity index is 3600. The molecule has 280 valence electrons. The molecule has 0 aliphatic carbocycles. The van der Waals surface area contributed by atoms with Crippen LogP contribution in [-0.4, -0.2) is 24.5 Å². The molecule has 0 bridgehead atoms. The fourth-order valence-corrected chi connectivity index (χ4v) is 8.67. The van der Waals surface area contributed by atoms with Crippen LogP contribution in [0.5, 0.6) is 0 Å². The van der Waals surface area contributed by atoms with Crippen molar-refractivity contribution in [1.29, 1.82) is 0 Å². The second-order valence-electron chi connectivity index (χ2n) is 14.9. The lowest BCUT2D eigenvalue weighted by Crippen LogP contribution is -2.35. The second-order valence-corrected chi connectivity index (χ2v) is 14.9. The summed E-state index contributed by atoms with van der Waals surface area (Å²) in [5.74, 6) is 2.02. The van der Waals surface area contributed by atoms with Gasteiger partial charge in [0.25, 0.3) is 5.82 Å². The minimum atomic E-state index is 0.611. The molecule has 7 nitrogen and oxygen atoms in total. The fourth-order valence-electron chi connectivity index (χ4n) is 8.67. The highest BCUT2D eigenvalue weighted by Gasteiger charge is 2.25. The van der Waals surface area contributed by atoms with Crippen molar-refractivity contribution in [2.45, 2.75) is 0 Å². The number of aromatic nitrogens is 6. The van der Waals surface area contributed by atoms with E-state index in [9.17, 15) is 0 Å². The van der Waals surface area contributed by atoms with E-state index in [2.05, 4.69) is 124 Å². The summed E-state index contributed by atoms with van der Waals surface area (Å²) >= 11 is 0. The first-order valence-corrected chi connectivity index (χ1v) is 20.0. The van der Waals surface area contributed by atoms with Gasteiger partial charge in [-0.15, -0.1) is 0 Å². The van der Waals surface area contributed by atoms with Crippen LogP contribution in [0, 0.1) is 0 Å². The van der Waals surface area contributed by atoms with Crippen LogP contribution in [0.15, 0.2) is 205 Å². The lowest BCUT2D eigenvalue weighted by atomic mass is 10.0. The van der Waals surface area contributed by atoms with E-state index in [0.717, 1.165) is 89.0 Å². The highest BCUT2D eigenvalue weighted by Crippen LogP contribution is 2.41. The zero-order valence-electron chi connectivity index (χ0n) is 32.1. The van der Waals surface area contributed by atoms with Crippen molar-refractivity contribution in [1.82, 2.24) is 24.5 Å². The summed E-state index contributed by atoms with van der Waals surface area (Å²) < 4.78 is 11.0. The van der Waals surface area contributed by atoms with Gasteiger partial charge < -0.3 is 8.98 Å². The number of furan rings is 1. The Balaban J connectivity index is 1.09. The number of para-hydroxylation sites is 3. The van der Waals surface area contributed by atoms with Crippen molar-refractivity contribution >= 4 is 54.6 Å². The van der Waals surface area contributed by atoms with Gasteiger partial charge >= 0.3 is 5.82 Å². The Hall–Kier alpha value is -8.29. The van der Waals surface area contributed by atoms with Gasteiger partial charge in [0, 0.05) is 38.4 Å². The molecule has 12 rings (SSSR count). The Labute approximate surface area is 344 Å².